The summed E-state index contributed by atoms with van der Waals surface area (Å²) in [6.07, 6.45) is -1.94. The van der Waals surface area contributed by atoms with E-state index in [-0.39, 0.29) is 6.61 Å². The minimum absolute atomic E-state index is 0.0294. The summed E-state index contributed by atoms with van der Waals surface area (Å²) in [6, 6.07) is 0. The summed E-state index contributed by atoms with van der Waals surface area (Å²) in [7, 11) is 0. The highest BCUT2D eigenvalue weighted by Gasteiger charge is 2.41. The molecule has 0 amide bonds. The molecule has 0 bridgehead atoms. The fraction of sp³-hybridized carbons (Fsp3) is 0.750. The molecule has 3 N–H and O–H groups in total. The van der Waals surface area contributed by atoms with Crippen LogP contribution in [-0.2, 0) is 23.9 Å². The van der Waals surface area contributed by atoms with E-state index in [9.17, 15) is 19.5 Å². The highest BCUT2D eigenvalue weighted by atomic mass is 16.5. The van der Waals surface area contributed by atoms with Gasteiger partial charge >= 0.3 is 17.9 Å². The molecule has 0 fully saturated rings. The largest absolute Gasteiger partial charge is 0.481 e. The lowest BCUT2D eigenvalue weighted by molar-refractivity contribution is -0.171. The molecule has 0 aromatic rings. The van der Waals surface area contributed by atoms with Gasteiger partial charge in [-0.1, -0.05) is 0 Å². The first-order valence-electron chi connectivity index (χ1n) is 6.14. The Hall–Kier alpha value is -1.67. The number of aliphatic carboxylic acids is 2. The molecule has 20 heavy (non-hydrogen) atoms. The summed E-state index contributed by atoms with van der Waals surface area (Å²) in [5, 5.41) is 26.3. The minimum Gasteiger partial charge on any atom is -0.481 e. The molecule has 0 aliphatic heterocycles. The maximum absolute atomic E-state index is 10.9. The van der Waals surface area contributed by atoms with Crippen LogP contribution in [0.3, 0.4) is 0 Å². The molecule has 0 heterocycles. The number of carboxylic acids is 2. The fourth-order valence-corrected chi connectivity index (χ4v) is 1.12. The zero-order valence-corrected chi connectivity index (χ0v) is 11.9. The minimum atomic E-state index is -2.61. The van der Waals surface area contributed by atoms with Gasteiger partial charge in [-0.2, -0.15) is 0 Å². The Kier molecular flexibility index (Phi) is 11.5. The second kappa shape index (κ2) is 11.2. The van der Waals surface area contributed by atoms with Gasteiger partial charge in [0.2, 0.25) is 0 Å². The molecular weight excluding hydrogens is 272 g/mol. The van der Waals surface area contributed by atoms with E-state index in [1.807, 2.05) is 13.8 Å². The first-order valence-corrected chi connectivity index (χ1v) is 6.14. The van der Waals surface area contributed by atoms with Gasteiger partial charge in [-0.05, 0) is 20.8 Å². The van der Waals surface area contributed by atoms with E-state index < -0.39 is 36.4 Å². The SMILES string of the molecule is CCOC(=O)CC(O)(CC(=O)O)C(=O)O.CCOCC. The van der Waals surface area contributed by atoms with E-state index in [0.717, 1.165) is 13.2 Å². The lowest BCUT2D eigenvalue weighted by atomic mass is 9.96. The molecule has 0 saturated heterocycles. The average Bonchev–Trinajstić information content (AvgIpc) is 2.29. The summed E-state index contributed by atoms with van der Waals surface area (Å²) >= 11 is 0. The van der Waals surface area contributed by atoms with E-state index in [4.69, 9.17) is 14.9 Å². The van der Waals surface area contributed by atoms with Gasteiger partial charge < -0.3 is 24.8 Å². The Morgan fingerprint density at radius 2 is 1.45 bits per heavy atom. The topological polar surface area (TPSA) is 130 Å². The third-order valence-electron chi connectivity index (χ3n) is 1.99. The summed E-state index contributed by atoms with van der Waals surface area (Å²) in [5.74, 6) is -4.23. The van der Waals surface area contributed by atoms with Crippen molar-refractivity contribution in [1.82, 2.24) is 0 Å². The fourth-order valence-electron chi connectivity index (χ4n) is 1.12. The van der Waals surface area contributed by atoms with Crippen molar-refractivity contribution in [2.24, 2.45) is 0 Å². The van der Waals surface area contributed by atoms with E-state index in [1.54, 1.807) is 0 Å². The number of ether oxygens (including phenoxy) is 2. The van der Waals surface area contributed by atoms with Gasteiger partial charge in [-0.15, -0.1) is 0 Å². The summed E-state index contributed by atoms with van der Waals surface area (Å²) in [5.41, 5.74) is -2.61. The van der Waals surface area contributed by atoms with Crippen LogP contribution in [0.4, 0.5) is 0 Å². The Morgan fingerprint density at radius 1 is 0.950 bits per heavy atom. The molecule has 8 nitrogen and oxygen atoms in total. The molecule has 0 spiro atoms. The monoisotopic (exact) mass is 294 g/mol. The normalized spacial score (nSPS) is 12.6. The van der Waals surface area contributed by atoms with Gasteiger partial charge in [0.1, 0.15) is 0 Å². The van der Waals surface area contributed by atoms with Gasteiger partial charge in [0.15, 0.2) is 5.60 Å². The highest BCUT2D eigenvalue weighted by Crippen LogP contribution is 2.16. The average molecular weight is 294 g/mol. The van der Waals surface area contributed by atoms with Gasteiger partial charge in [0, 0.05) is 13.2 Å². The second-order valence-electron chi connectivity index (χ2n) is 3.67. The van der Waals surface area contributed by atoms with Crippen LogP contribution in [0.15, 0.2) is 0 Å². The Morgan fingerprint density at radius 3 is 1.70 bits per heavy atom. The molecule has 1 unspecified atom stereocenters. The zero-order chi connectivity index (χ0) is 16.2. The molecule has 1 atom stereocenters. The van der Waals surface area contributed by atoms with Crippen molar-refractivity contribution >= 4 is 17.9 Å². The number of aliphatic hydroxyl groups is 1. The quantitative estimate of drug-likeness (QED) is 0.544. The molecule has 8 heteroatoms. The number of rotatable bonds is 8. The van der Waals surface area contributed by atoms with Gasteiger partial charge in [0.25, 0.3) is 0 Å². The first kappa shape index (κ1) is 20.6. The van der Waals surface area contributed by atoms with Crippen molar-refractivity contribution in [2.45, 2.75) is 39.2 Å². The molecule has 0 saturated carbocycles. The van der Waals surface area contributed by atoms with Crippen LogP contribution >= 0.6 is 0 Å². The van der Waals surface area contributed by atoms with Crippen LogP contribution in [0.25, 0.3) is 0 Å². The molecule has 0 aliphatic carbocycles. The van der Waals surface area contributed by atoms with E-state index >= 15 is 0 Å². The predicted octanol–water partition coefficient (Wildman–Crippen LogP) is 0.273. The lowest BCUT2D eigenvalue weighted by Gasteiger charge is -2.19. The maximum atomic E-state index is 10.9. The molecule has 0 rings (SSSR count). The van der Waals surface area contributed by atoms with E-state index in [0.29, 0.717) is 0 Å². The molecule has 0 aliphatic rings. The number of carbonyl (C=O) groups excluding carboxylic acids is 1. The third-order valence-corrected chi connectivity index (χ3v) is 1.99. The first-order chi connectivity index (χ1) is 9.23. The number of carboxylic acid groups (broad SMARTS) is 2. The molecule has 0 aromatic carbocycles. The standard InChI is InChI=1S/C8H12O7.C4H10O/c1-2-15-6(11)4-8(14,7(12)13)3-5(9)10;1-3-5-4-2/h14H,2-4H2,1H3,(H,9,10)(H,12,13);3-4H2,1-2H3. The van der Waals surface area contributed by atoms with Crippen LogP contribution in [0.5, 0.6) is 0 Å². The van der Waals surface area contributed by atoms with Crippen molar-refractivity contribution < 1.29 is 39.2 Å². The van der Waals surface area contributed by atoms with E-state index in [1.165, 1.54) is 6.92 Å². The Bertz CT molecular complexity index is 313. The van der Waals surface area contributed by atoms with Crippen LogP contribution in [0.1, 0.15) is 33.6 Å². The number of esters is 1. The second-order valence-corrected chi connectivity index (χ2v) is 3.67. The third kappa shape index (κ3) is 10.3. The van der Waals surface area contributed by atoms with Crippen LogP contribution < -0.4 is 0 Å². The van der Waals surface area contributed by atoms with Crippen LogP contribution in [0.2, 0.25) is 0 Å². The maximum Gasteiger partial charge on any atom is 0.336 e. The molecule has 0 radical (unpaired) electrons. The van der Waals surface area contributed by atoms with Crippen molar-refractivity contribution in [3.63, 3.8) is 0 Å². The Balaban J connectivity index is 0. The van der Waals surface area contributed by atoms with Gasteiger partial charge in [0.05, 0.1) is 19.4 Å². The van der Waals surface area contributed by atoms with Crippen molar-refractivity contribution in [2.75, 3.05) is 19.8 Å². The van der Waals surface area contributed by atoms with Gasteiger partial charge in [-0.3, -0.25) is 9.59 Å². The van der Waals surface area contributed by atoms with Gasteiger partial charge in [-0.25, -0.2) is 4.79 Å². The zero-order valence-electron chi connectivity index (χ0n) is 11.9. The summed E-state index contributed by atoms with van der Waals surface area (Å²) < 4.78 is 9.25. The molecular formula is C12H22O8. The molecule has 118 valence electrons. The van der Waals surface area contributed by atoms with E-state index in [2.05, 4.69) is 4.74 Å². The lowest BCUT2D eigenvalue weighted by Crippen LogP contribution is -2.43. The Labute approximate surface area is 117 Å². The van der Waals surface area contributed by atoms with Crippen LogP contribution in [0, 0.1) is 0 Å². The van der Waals surface area contributed by atoms with Crippen molar-refractivity contribution in [1.29, 1.82) is 0 Å². The van der Waals surface area contributed by atoms with Crippen LogP contribution in [-0.4, -0.2) is 58.6 Å². The number of carbonyl (C=O) groups is 3. The van der Waals surface area contributed by atoms with Crippen molar-refractivity contribution in [3.8, 4) is 0 Å². The number of hydrogen-bond acceptors (Lipinski definition) is 6. The summed E-state index contributed by atoms with van der Waals surface area (Å²) in [4.78, 5) is 31.8. The predicted molar refractivity (Wildman–Crippen MR) is 68.3 cm³/mol. The smallest absolute Gasteiger partial charge is 0.336 e. The summed E-state index contributed by atoms with van der Waals surface area (Å²) in [6.45, 7) is 7.20. The van der Waals surface area contributed by atoms with Crippen molar-refractivity contribution in [3.05, 3.63) is 0 Å². The molecule has 0 aromatic heterocycles. The highest BCUT2D eigenvalue weighted by molar-refractivity contribution is 5.88. The number of hydrogen-bond donors (Lipinski definition) is 3.